The first-order chi connectivity index (χ1) is 13.3. The van der Waals surface area contributed by atoms with Gasteiger partial charge in [-0.1, -0.05) is 0 Å². The molecule has 150 valence electrons. The highest BCUT2D eigenvalue weighted by Crippen LogP contribution is 2.28. The van der Waals surface area contributed by atoms with Crippen LogP contribution in [0, 0.1) is 5.82 Å². The molecular formula is C18H20FN3O5S. The van der Waals surface area contributed by atoms with Crippen LogP contribution >= 0.6 is 11.8 Å². The number of thioether (sulfide) groups is 1. The van der Waals surface area contributed by atoms with E-state index in [1.54, 1.807) is 0 Å². The summed E-state index contributed by atoms with van der Waals surface area (Å²) in [6.45, 7) is -0.445. The van der Waals surface area contributed by atoms with Gasteiger partial charge in [0.1, 0.15) is 24.2 Å². The van der Waals surface area contributed by atoms with Gasteiger partial charge in [-0.25, -0.2) is 13.9 Å². The molecule has 28 heavy (non-hydrogen) atoms. The standard InChI is InChI=1S/C18H20FN3O5S/c1-27-15-9-11(19)3-4-12(15)13-5-6-17(24)22(21-13)10-16(23)20-14(18(25)26)7-8-28-2/h3-6,9,14H,7-8,10H2,1-2H3,(H,20,23)(H,25,26)/t14-/m1/s1. The minimum Gasteiger partial charge on any atom is -0.496 e. The highest BCUT2D eigenvalue weighted by molar-refractivity contribution is 7.98. The number of benzene rings is 1. The number of methoxy groups -OCH3 is 1. The topological polar surface area (TPSA) is 111 Å². The number of carbonyl (C=O) groups excluding carboxylic acids is 1. The van der Waals surface area contributed by atoms with Crippen LogP contribution < -0.4 is 15.6 Å². The van der Waals surface area contributed by atoms with E-state index < -0.39 is 35.8 Å². The highest BCUT2D eigenvalue weighted by atomic mass is 32.2. The van der Waals surface area contributed by atoms with Gasteiger partial charge in [0.15, 0.2) is 0 Å². The highest BCUT2D eigenvalue weighted by Gasteiger charge is 2.20. The number of hydrogen-bond acceptors (Lipinski definition) is 6. The van der Waals surface area contributed by atoms with Gasteiger partial charge in [0, 0.05) is 17.7 Å². The average molecular weight is 409 g/mol. The lowest BCUT2D eigenvalue weighted by Gasteiger charge is -2.14. The number of nitrogens with zero attached hydrogens (tertiary/aromatic N) is 2. The van der Waals surface area contributed by atoms with Gasteiger partial charge >= 0.3 is 5.97 Å². The molecule has 1 aromatic carbocycles. The third-order valence-corrected chi connectivity index (χ3v) is 4.49. The fourth-order valence-electron chi connectivity index (χ4n) is 2.45. The van der Waals surface area contributed by atoms with Gasteiger partial charge < -0.3 is 15.2 Å². The minimum absolute atomic E-state index is 0.227. The van der Waals surface area contributed by atoms with Gasteiger partial charge in [-0.15, -0.1) is 0 Å². The molecule has 2 aromatic rings. The number of aliphatic carboxylic acids is 1. The van der Waals surface area contributed by atoms with Gasteiger partial charge in [0.25, 0.3) is 5.56 Å². The number of amides is 1. The number of hydrogen-bond donors (Lipinski definition) is 2. The molecule has 1 heterocycles. The average Bonchev–Trinajstić information content (AvgIpc) is 2.66. The van der Waals surface area contributed by atoms with Crippen molar-refractivity contribution >= 4 is 23.6 Å². The summed E-state index contributed by atoms with van der Waals surface area (Å²) in [7, 11) is 1.38. The van der Waals surface area contributed by atoms with E-state index in [-0.39, 0.29) is 12.2 Å². The van der Waals surface area contributed by atoms with E-state index in [9.17, 15) is 23.9 Å². The van der Waals surface area contributed by atoms with Crippen molar-refractivity contribution in [2.24, 2.45) is 0 Å². The molecular weight excluding hydrogens is 389 g/mol. The summed E-state index contributed by atoms with van der Waals surface area (Å²) < 4.78 is 19.4. The maximum atomic E-state index is 13.4. The van der Waals surface area contributed by atoms with Crippen molar-refractivity contribution < 1.29 is 23.8 Å². The lowest BCUT2D eigenvalue weighted by molar-refractivity contribution is -0.142. The summed E-state index contributed by atoms with van der Waals surface area (Å²) in [5.41, 5.74) is 0.221. The zero-order chi connectivity index (χ0) is 20.7. The van der Waals surface area contributed by atoms with Crippen molar-refractivity contribution in [2.75, 3.05) is 19.1 Å². The van der Waals surface area contributed by atoms with Crippen LogP contribution in [0.5, 0.6) is 5.75 Å². The molecule has 0 radical (unpaired) electrons. The van der Waals surface area contributed by atoms with Gasteiger partial charge in [-0.3, -0.25) is 9.59 Å². The maximum Gasteiger partial charge on any atom is 0.326 e. The first-order valence-corrected chi connectivity index (χ1v) is 9.68. The summed E-state index contributed by atoms with van der Waals surface area (Å²) in [5, 5.41) is 15.7. The fraction of sp³-hybridized carbons (Fsp3) is 0.333. The predicted molar refractivity (Wildman–Crippen MR) is 103 cm³/mol. The fourth-order valence-corrected chi connectivity index (χ4v) is 2.92. The number of carboxylic acids is 1. The second kappa shape index (κ2) is 9.88. The molecule has 2 N–H and O–H groups in total. The molecule has 0 saturated carbocycles. The Balaban J connectivity index is 2.23. The summed E-state index contributed by atoms with van der Waals surface area (Å²) in [6.07, 6.45) is 2.09. The van der Waals surface area contributed by atoms with Crippen LogP contribution in [0.2, 0.25) is 0 Å². The second-order valence-electron chi connectivity index (χ2n) is 5.80. The van der Waals surface area contributed by atoms with Gasteiger partial charge in [-0.2, -0.15) is 16.9 Å². The Morgan fingerprint density at radius 3 is 2.75 bits per heavy atom. The molecule has 1 atom stereocenters. The Morgan fingerprint density at radius 2 is 2.11 bits per heavy atom. The zero-order valence-corrected chi connectivity index (χ0v) is 16.2. The molecule has 0 bridgehead atoms. The predicted octanol–water partition coefficient (Wildman–Crippen LogP) is 1.38. The monoisotopic (exact) mass is 409 g/mol. The lowest BCUT2D eigenvalue weighted by atomic mass is 10.1. The number of aromatic nitrogens is 2. The summed E-state index contributed by atoms with van der Waals surface area (Å²) in [4.78, 5) is 35.5. The third-order valence-electron chi connectivity index (χ3n) is 3.84. The second-order valence-corrected chi connectivity index (χ2v) is 6.78. The molecule has 0 unspecified atom stereocenters. The quantitative estimate of drug-likeness (QED) is 0.644. The van der Waals surface area contributed by atoms with E-state index in [1.165, 1.54) is 49.2 Å². The molecule has 2 rings (SSSR count). The van der Waals surface area contributed by atoms with Crippen LogP contribution in [0.1, 0.15) is 6.42 Å². The van der Waals surface area contributed by atoms with E-state index in [4.69, 9.17) is 4.74 Å². The summed E-state index contributed by atoms with van der Waals surface area (Å²) in [6, 6.07) is 5.48. The molecule has 0 saturated heterocycles. The molecule has 0 aliphatic carbocycles. The van der Waals surface area contributed by atoms with E-state index in [2.05, 4.69) is 10.4 Å². The van der Waals surface area contributed by atoms with E-state index in [0.717, 1.165) is 4.68 Å². The Labute approximate surface area is 164 Å². The largest absolute Gasteiger partial charge is 0.496 e. The Morgan fingerprint density at radius 1 is 1.36 bits per heavy atom. The number of halogens is 1. The number of rotatable bonds is 9. The molecule has 10 heteroatoms. The van der Waals surface area contributed by atoms with Crippen molar-refractivity contribution in [3.05, 3.63) is 46.5 Å². The number of nitrogens with one attached hydrogen (secondary N) is 1. The Kier molecular flexibility index (Phi) is 7.56. The van der Waals surface area contributed by atoms with Crippen molar-refractivity contribution in [2.45, 2.75) is 19.0 Å². The zero-order valence-electron chi connectivity index (χ0n) is 15.3. The minimum atomic E-state index is -1.15. The van der Waals surface area contributed by atoms with Crippen LogP contribution in [-0.2, 0) is 16.1 Å². The van der Waals surface area contributed by atoms with Crippen molar-refractivity contribution in [1.29, 1.82) is 0 Å². The smallest absolute Gasteiger partial charge is 0.326 e. The van der Waals surface area contributed by atoms with Crippen molar-refractivity contribution in [3.63, 3.8) is 0 Å². The third kappa shape index (κ3) is 5.56. The van der Waals surface area contributed by atoms with Gasteiger partial charge in [-0.05, 0) is 36.6 Å². The van der Waals surface area contributed by atoms with Gasteiger partial charge in [0.2, 0.25) is 5.91 Å². The molecule has 1 amide bonds. The normalized spacial score (nSPS) is 11.7. The first kappa shape index (κ1) is 21.4. The van der Waals surface area contributed by atoms with Crippen LogP contribution in [0.3, 0.4) is 0 Å². The van der Waals surface area contributed by atoms with Crippen LogP contribution in [0.4, 0.5) is 4.39 Å². The molecule has 0 aliphatic heterocycles. The molecule has 0 spiro atoms. The summed E-state index contributed by atoms with van der Waals surface area (Å²) >= 11 is 1.46. The first-order valence-electron chi connectivity index (χ1n) is 8.29. The lowest BCUT2D eigenvalue weighted by Crippen LogP contribution is -2.44. The number of carboxylic acid groups (broad SMARTS) is 1. The Bertz CT molecular complexity index is 918. The number of ether oxygens (including phenoxy) is 1. The van der Waals surface area contributed by atoms with Crippen LogP contribution in [0.25, 0.3) is 11.3 Å². The molecule has 0 fully saturated rings. The molecule has 0 aliphatic rings. The van der Waals surface area contributed by atoms with E-state index in [0.29, 0.717) is 17.0 Å². The van der Waals surface area contributed by atoms with E-state index in [1.807, 2.05) is 6.26 Å². The van der Waals surface area contributed by atoms with Crippen LogP contribution in [-0.4, -0.2) is 51.9 Å². The Hall–Kier alpha value is -2.88. The number of carbonyl (C=O) groups is 2. The summed E-state index contributed by atoms with van der Waals surface area (Å²) in [5.74, 6) is -1.49. The van der Waals surface area contributed by atoms with Crippen LogP contribution in [0.15, 0.2) is 35.1 Å². The molecule has 1 aromatic heterocycles. The SMILES string of the molecule is COc1cc(F)ccc1-c1ccc(=O)n(CC(=O)N[C@H](CCSC)C(=O)O)n1. The van der Waals surface area contributed by atoms with E-state index >= 15 is 0 Å². The van der Waals surface area contributed by atoms with Crippen molar-refractivity contribution in [3.8, 4) is 17.0 Å². The maximum absolute atomic E-state index is 13.4. The van der Waals surface area contributed by atoms with Gasteiger partial charge in [0.05, 0.1) is 12.8 Å². The van der Waals surface area contributed by atoms with Crippen molar-refractivity contribution in [1.82, 2.24) is 15.1 Å². The molecule has 8 nitrogen and oxygen atoms in total.